The number of Topliss-reactive ketones (excluding diaryl/α,β-unsaturated/α-hetero) is 1. The quantitative estimate of drug-likeness (QED) is 0.752. The summed E-state index contributed by atoms with van der Waals surface area (Å²) < 4.78 is 16.6. The van der Waals surface area contributed by atoms with E-state index < -0.39 is 0 Å². The van der Waals surface area contributed by atoms with E-state index >= 15 is 0 Å². The second-order valence-electron chi connectivity index (χ2n) is 7.11. The van der Waals surface area contributed by atoms with Crippen LogP contribution < -0.4 is 4.74 Å². The molecule has 2 aliphatic rings. The van der Waals surface area contributed by atoms with Gasteiger partial charge in [-0.25, -0.2) is 4.79 Å². The number of methoxy groups -OCH3 is 1. The van der Waals surface area contributed by atoms with Crippen molar-refractivity contribution in [3.8, 4) is 5.75 Å². The van der Waals surface area contributed by atoms with Crippen molar-refractivity contribution in [2.75, 3.05) is 7.11 Å². The predicted octanol–water partition coefficient (Wildman–Crippen LogP) is 4.03. The molecule has 0 aromatic heterocycles. The van der Waals surface area contributed by atoms with Gasteiger partial charge < -0.3 is 14.2 Å². The number of benzene rings is 2. The highest BCUT2D eigenvalue weighted by atomic mass is 16.5. The molecule has 28 heavy (non-hydrogen) atoms. The highest BCUT2D eigenvalue weighted by Crippen LogP contribution is 2.37. The van der Waals surface area contributed by atoms with E-state index in [1.54, 1.807) is 37.6 Å². The van der Waals surface area contributed by atoms with Crippen LogP contribution in [0.5, 0.6) is 5.75 Å². The van der Waals surface area contributed by atoms with Gasteiger partial charge in [-0.1, -0.05) is 30.3 Å². The molecule has 1 fully saturated rings. The summed E-state index contributed by atoms with van der Waals surface area (Å²) in [7, 11) is 1.58. The summed E-state index contributed by atoms with van der Waals surface area (Å²) in [5.41, 5.74) is 1.98. The van der Waals surface area contributed by atoms with Gasteiger partial charge in [0.05, 0.1) is 30.4 Å². The first-order valence-electron chi connectivity index (χ1n) is 9.46. The molecule has 0 N–H and O–H groups in total. The number of carbonyl (C=O) groups is 2. The van der Waals surface area contributed by atoms with E-state index in [1.807, 2.05) is 30.3 Å². The zero-order chi connectivity index (χ0) is 19.5. The third kappa shape index (κ3) is 3.65. The molecule has 2 aromatic rings. The third-order valence-corrected chi connectivity index (χ3v) is 5.39. The average Bonchev–Trinajstić information content (AvgIpc) is 2.74. The fourth-order valence-corrected chi connectivity index (χ4v) is 3.84. The van der Waals surface area contributed by atoms with Crippen LogP contribution in [0, 0.1) is 5.92 Å². The lowest BCUT2D eigenvalue weighted by molar-refractivity contribution is -0.126. The van der Waals surface area contributed by atoms with Gasteiger partial charge >= 0.3 is 5.97 Å². The van der Waals surface area contributed by atoms with E-state index in [-0.39, 0.29) is 29.9 Å². The maximum Gasteiger partial charge on any atom is 0.338 e. The number of ketones is 1. The molecule has 5 heteroatoms. The highest BCUT2D eigenvalue weighted by Gasteiger charge is 2.41. The van der Waals surface area contributed by atoms with E-state index in [0.29, 0.717) is 36.1 Å². The van der Waals surface area contributed by atoms with Gasteiger partial charge in [-0.3, -0.25) is 4.79 Å². The zero-order valence-corrected chi connectivity index (χ0v) is 15.7. The maximum absolute atomic E-state index is 12.9. The molecule has 4 rings (SSSR count). The van der Waals surface area contributed by atoms with Gasteiger partial charge in [-0.2, -0.15) is 0 Å². The Bertz CT molecular complexity index is 885. The summed E-state index contributed by atoms with van der Waals surface area (Å²) in [5.74, 6) is 0.250. The smallest absolute Gasteiger partial charge is 0.338 e. The van der Waals surface area contributed by atoms with Crippen LogP contribution in [-0.4, -0.2) is 31.1 Å². The Hall–Kier alpha value is -3.08. The molecular formula is C23H22O5. The molecule has 0 saturated heterocycles. The van der Waals surface area contributed by atoms with Gasteiger partial charge in [0.25, 0.3) is 0 Å². The predicted molar refractivity (Wildman–Crippen MR) is 104 cm³/mol. The molecule has 1 heterocycles. The minimum Gasteiger partial charge on any atom is -0.497 e. The van der Waals surface area contributed by atoms with Crippen LogP contribution in [0.3, 0.4) is 0 Å². The van der Waals surface area contributed by atoms with Crippen LogP contribution in [-0.2, 0) is 14.3 Å². The SMILES string of the molecule is COc1ccc(C(=O)OC2CCC3C(=O)C(c4ccccc4)=COC3C2)cc1. The molecule has 2 aromatic carbocycles. The average molecular weight is 378 g/mol. The Labute approximate surface area is 163 Å². The number of rotatable bonds is 4. The van der Waals surface area contributed by atoms with Crippen molar-refractivity contribution in [2.45, 2.75) is 31.5 Å². The molecule has 0 bridgehead atoms. The molecule has 1 saturated carbocycles. The van der Waals surface area contributed by atoms with E-state index in [2.05, 4.69) is 0 Å². The zero-order valence-electron chi connectivity index (χ0n) is 15.7. The minimum absolute atomic E-state index is 0.113. The van der Waals surface area contributed by atoms with Gasteiger partial charge in [-0.15, -0.1) is 0 Å². The van der Waals surface area contributed by atoms with Crippen molar-refractivity contribution in [1.29, 1.82) is 0 Å². The largest absolute Gasteiger partial charge is 0.497 e. The molecular weight excluding hydrogens is 356 g/mol. The van der Waals surface area contributed by atoms with Crippen molar-refractivity contribution >= 4 is 17.3 Å². The fraction of sp³-hybridized carbons (Fsp3) is 0.304. The van der Waals surface area contributed by atoms with Crippen molar-refractivity contribution in [3.05, 3.63) is 72.0 Å². The van der Waals surface area contributed by atoms with Gasteiger partial charge in [0.15, 0.2) is 5.78 Å². The highest BCUT2D eigenvalue weighted by molar-refractivity contribution is 6.22. The number of ether oxygens (including phenoxy) is 3. The Morgan fingerprint density at radius 1 is 1.04 bits per heavy atom. The van der Waals surface area contributed by atoms with Gasteiger partial charge in [0.1, 0.15) is 18.0 Å². The molecule has 0 spiro atoms. The molecule has 3 atom stereocenters. The second-order valence-corrected chi connectivity index (χ2v) is 7.11. The molecule has 0 radical (unpaired) electrons. The second kappa shape index (κ2) is 7.89. The van der Waals surface area contributed by atoms with Crippen LogP contribution in [0.2, 0.25) is 0 Å². The summed E-state index contributed by atoms with van der Waals surface area (Å²) in [6.45, 7) is 0. The molecule has 5 nitrogen and oxygen atoms in total. The summed E-state index contributed by atoms with van der Waals surface area (Å²) in [5, 5.41) is 0. The van der Waals surface area contributed by atoms with E-state index in [1.165, 1.54) is 0 Å². The van der Waals surface area contributed by atoms with Crippen LogP contribution in [0.25, 0.3) is 5.57 Å². The monoisotopic (exact) mass is 378 g/mol. The van der Waals surface area contributed by atoms with E-state index in [4.69, 9.17) is 14.2 Å². The lowest BCUT2D eigenvalue weighted by Gasteiger charge is -2.37. The molecule has 0 amide bonds. The van der Waals surface area contributed by atoms with Crippen molar-refractivity contribution in [2.24, 2.45) is 5.92 Å². The Morgan fingerprint density at radius 2 is 1.79 bits per heavy atom. The molecule has 3 unspecified atom stereocenters. The Morgan fingerprint density at radius 3 is 2.50 bits per heavy atom. The van der Waals surface area contributed by atoms with Gasteiger partial charge in [0.2, 0.25) is 0 Å². The fourth-order valence-electron chi connectivity index (χ4n) is 3.84. The van der Waals surface area contributed by atoms with E-state index in [9.17, 15) is 9.59 Å². The van der Waals surface area contributed by atoms with E-state index in [0.717, 1.165) is 5.56 Å². The van der Waals surface area contributed by atoms with Crippen molar-refractivity contribution in [1.82, 2.24) is 0 Å². The number of allylic oxidation sites excluding steroid dienone is 1. The maximum atomic E-state index is 12.9. The first kappa shape index (κ1) is 18.3. The number of hydrogen-bond acceptors (Lipinski definition) is 5. The lowest BCUT2D eigenvalue weighted by atomic mass is 9.78. The Balaban J connectivity index is 1.40. The Kier molecular flexibility index (Phi) is 5.15. The first-order chi connectivity index (χ1) is 13.7. The van der Waals surface area contributed by atoms with Crippen molar-refractivity contribution < 1.29 is 23.8 Å². The van der Waals surface area contributed by atoms with Gasteiger partial charge in [0, 0.05) is 6.42 Å². The number of esters is 1. The van der Waals surface area contributed by atoms with Crippen LogP contribution in [0.1, 0.15) is 35.2 Å². The number of carbonyl (C=O) groups excluding carboxylic acids is 2. The normalized spacial score (nSPS) is 23.8. The first-order valence-corrected chi connectivity index (χ1v) is 9.46. The summed E-state index contributed by atoms with van der Waals surface area (Å²) in [6.07, 6.45) is 2.88. The lowest BCUT2D eigenvalue weighted by Crippen LogP contribution is -2.41. The van der Waals surface area contributed by atoms with Crippen LogP contribution in [0.4, 0.5) is 0 Å². The van der Waals surface area contributed by atoms with Crippen LogP contribution >= 0.6 is 0 Å². The van der Waals surface area contributed by atoms with Crippen LogP contribution in [0.15, 0.2) is 60.9 Å². The number of hydrogen-bond donors (Lipinski definition) is 0. The molecule has 144 valence electrons. The minimum atomic E-state index is -0.367. The topological polar surface area (TPSA) is 61.8 Å². The summed E-state index contributed by atoms with van der Waals surface area (Å²) in [6, 6.07) is 16.4. The molecule has 1 aliphatic heterocycles. The standard InChI is InChI=1S/C23H22O5/c1-26-17-9-7-16(8-10-17)23(25)28-18-11-12-19-21(13-18)27-14-20(22(19)24)15-5-3-2-4-6-15/h2-10,14,18-19,21H,11-13H2,1H3. The van der Waals surface area contributed by atoms with Crippen molar-refractivity contribution in [3.63, 3.8) is 0 Å². The molecule has 1 aliphatic carbocycles. The summed E-state index contributed by atoms with van der Waals surface area (Å²) >= 11 is 0. The van der Waals surface area contributed by atoms with Gasteiger partial charge in [-0.05, 0) is 42.7 Å². The number of fused-ring (bicyclic) bond motifs is 1. The summed E-state index contributed by atoms with van der Waals surface area (Å²) in [4.78, 5) is 25.3. The third-order valence-electron chi connectivity index (χ3n) is 5.39.